The molecule has 0 unspecified atom stereocenters. The fourth-order valence-electron chi connectivity index (χ4n) is 1.93. The molecule has 22 heteroatoms. The predicted octanol–water partition coefficient (Wildman–Crippen LogP) is 0.610. The first kappa shape index (κ1) is 72.3. The molecule has 1 saturated heterocycles. The fraction of sp³-hybridized carbons (Fsp3) is 1.00. The molecule has 0 bridgehead atoms. The van der Waals surface area contributed by atoms with Crippen LogP contribution in [0.1, 0.15) is 51.4 Å². The Balaban J connectivity index is -0.0000000272. The van der Waals surface area contributed by atoms with E-state index in [1.807, 2.05) is 0 Å². The molecular weight excluding hydrogens is 570 g/mol. The molecule has 1 heterocycles. The molecule has 8 nitrogen and oxygen atoms in total. The van der Waals surface area contributed by atoms with Crippen molar-refractivity contribution < 1.29 is 123 Å². The Morgan fingerprint density at radius 2 is 1.00 bits per heavy atom. The summed E-state index contributed by atoms with van der Waals surface area (Å²) in [5, 5.41) is 22.8. The number of aliphatic hydroxyl groups excluding tert-OH is 2. The molecule has 0 aromatic rings. The molecule has 1 aliphatic rings. The van der Waals surface area contributed by atoms with Gasteiger partial charge >= 0.3 is 66.3 Å². The van der Waals surface area contributed by atoms with E-state index in [0.717, 1.165) is 19.1 Å². The molecule has 1 fully saturated rings. The van der Waals surface area contributed by atoms with E-state index < -0.39 is 57.8 Å². The van der Waals surface area contributed by atoms with Gasteiger partial charge in [-0.2, -0.15) is 0 Å². The molecule has 244 valence electrons. The molecule has 0 aromatic carbocycles. The molecule has 4 N–H and O–H groups in total. The summed E-state index contributed by atoms with van der Waals surface area (Å²) in [5.74, 6) is -7.65. The Labute approximate surface area is 257 Å². The Morgan fingerprint density at radius 3 is 1.12 bits per heavy atom. The zero-order valence-corrected chi connectivity index (χ0v) is 18.9. The van der Waals surface area contributed by atoms with E-state index in [1.165, 1.54) is 0 Å². The number of halogens is 10. The third kappa shape index (κ3) is 54.1. The zero-order chi connectivity index (χ0) is 25.9. The van der Waals surface area contributed by atoms with Crippen LogP contribution in [0.15, 0.2) is 0 Å². The summed E-state index contributed by atoms with van der Waals surface area (Å²) >= 11 is 0. The van der Waals surface area contributed by atoms with Gasteiger partial charge in [-0.05, 0) is 0 Å². The molecule has 40 heavy (non-hydrogen) atoms. The van der Waals surface area contributed by atoms with Crippen molar-refractivity contribution in [1.82, 2.24) is 0 Å². The van der Waals surface area contributed by atoms with E-state index in [2.05, 4.69) is 4.81 Å². The topological polar surface area (TPSA) is 135 Å². The summed E-state index contributed by atoms with van der Waals surface area (Å²) in [6, 6.07) is 0. The van der Waals surface area contributed by atoms with Crippen LogP contribution in [0.25, 0.3) is 0 Å². The van der Waals surface area contributed by atoms with Crippen LogP contribution in [0.5, 0.6) is 0 Å². The van der Waals surface area contributed by atoms with Crippen molar-refractivity contribution in [3.8, 4) is 0 Å². The number of hydrogen-bond acceptors (Lipinski definition) is 8. The van der Waals surface area contributed by atoms with E-state index in [4.69, 9.17) is 29.5 Å². The van der Waals surface area contributed by atoms with E-state index >= 15 is 0 Å². The largest absolute Gasteiger partial charge is 1.00 e. The van der Waals surface area contributed by atoms with Crippen LogP contribution in [0.4, 0.5) is 43.9 Å². The van der Waals surface area contributed by atoms with Crippen LogP contribution in [0, 0.1) is 0 Å². The zero-order valence-electron chi connectivity index (χ0n) is 18.9. The summed E-state index contributed by atoms with van der Waals surface area (Å²) in [7, 11) is -0.0694. The fourth-order valence-corrected chi connectivity index (χ4v) is 1.93. The first-order valence-electron chi connectivity index (χ1n) is 8.61. The van der Waals surface area contributed by atoms with Gasteiger partial charge < -0.3 is 25.0 Å². The van der Waals surface area contributed by atoms with Crippen LogP contribution >= 0.6 is 0 Å². The quantitative estimate of drug-likeness (QED) is 0.133. The third-order valence-corrected chi connectivity index (χ3v) is 3.31. The van der Waals surface area contributed by atoms with Crippen molar-refractivity contribution in [1.29, 1.82) is 0 Å². The van der Waals surface area contributed by atoms with Crippen molar-refractivity contribution in [3.05, 3.63) is 0 Å². The number of rotatable bonds is 11. The maximum atomic E-state index is 12.0. The van der Waals surface area contributed by atoms with Gasteiger partial charge in [0.05, 0.1) is 6.42 Å². The Kier molecular flexibility index (Phi) is 70.5. The molecule has 0 amide bonds. The van der Waals surface area contributed by atoms with Crippen molar-refractivity contribution in [2.45, 2.75) is 80.9 Å². The minimum absolute atomic E-state index is 0. The predicted molar refractivity (Wildman–Crippen MR) is 128 cm³/mol. The normalized spacial score (nSPS) is 11.8. The first-order chi connectivity index (χ1) is 14.6. The molecule has 0 atom stereocenters. The van der Waals surface area contributed by atoms with Crippen molar-refractivity contribution in [2.24, 2.45) is 0 Å². The first-order valence-corrected chi connectivity index (χ1v) is 8.61. The number of aliphatic hydroxyl groups is 2. The number of hydrogen-bond donors (Lipinski definition) is 3. The monoisotopic (exact) mass is 616 g/mol. The summed E-state index contributed by atoms with van der Waals surface area (Å²) in [6.45, 7) is -5.41. The molecule has 1 aliphatic heterocycles. The van der Waals surface area contributed by atoms with Gasteiger partial charge in [0.15, 0.2) is 0 Å². The van der Waals surface area contributed by atoms with Crippen LogP contribution in [0.2, 0.25) is 12.6 Å². The van der Waals surface area contributed by atoms with Gasteiger partial charge in [0, 0.05) is 14.6 Å². The van der Waals surface area contributed by atoms with Crippen molar-refractivity contribution in [3.63, 3.8) is 0 Å². The third-order valence-electron chi connectivity index (χ3n) is 3.31. The van der Waals surface area contributed by atoms with Crippen LogP contribution < -0.4 is 37.7 Å². The molecule has 0 spiro atoms. The van der Waals surface area contributed by atoms with E-state index in [0.29, 0.717) is 0 Å². The average Bonchev–Trinajstić information content (AvgIpc) is 2.66. The van der Waals surface area contributed by atoms with Crippen molar-refractivity contribution >= 4 is 13.9 Å². The Bertz CT molecular complexity index is 454. The molecule has 1 rings (SSSR count). The summed E-state index contributed by atoms with van der Waals surface area (Å²) in [6.07, 6.45) is -4.65. The van der Waals surface area contributed by atoms with Crippen LogP contribution in [0.3, 0.4) is 0 Å². The smallest absolute Gasteiger partial charge is 0.870 e. The molecular formula is C18H46B2F10Li2O8. The minimum atomic E-state index is -5.50. The summed E-state index contributed by atoms with van der Waals surface area (Å²) < 4.78 is 129. The van der Waals surface area contributed by atoms with Gasteiger partial charge in [0.2, 0.25) is 6.55 Å². The number of alkyl halides is 10. The van der Waals surface area contributed by atoms with E-state index in [1.54, 1.807) is 0 Å². The van der Waals surface area contributed by atoms with Crippen LogP contribution in [-0.4, -0.2) is 92.9 Å². The van der Waals surface area contributed by atoms with Gasteiger partial charge in [-0.1, -0.05) is 37.1 Å². The van der Waals surface area contributed by atoms with Gasteiger partial charge in [-0.3, -0.25) is 0 Å². The molecule has 0 saturated carbocycles. The summed E-state index contributed by atoms with van der Waals surface area (Å²) in [5.41, 5.74) is 0. The Hall–Kier alpha value is -0.0153. The molecule has 0 aromatic heterocycles. The van der Waals surface area contributed by atoms with E-state index in [-0.39, 0.29) is 102 Å². The Morgan fingerprint density at radius 1 is 0.750 bits per heavy atom. The minimum Gasteiger partial charge on any atom is -0.870 e. The second kappa shape index (κ2) is 39.0. The maximum Gasteiger partial charge on any atom is 1.00 e. The molecule has 0 aliphatic carbocycles. The second-order valence-corrected chi connectivity index (χ2v) is 5.94. The average molecular weight is 616 g/mol. The standard InChI is InChI=1S/C7H14BF2O2.C5H8F4O2.CF4.5CH4.BHO3.2Li.H2O.H2/c9-4-6-11-8(2-1-3-8)12-7-5-10;6-4(7,2-10)1-5(8,9)3-11;2-1(3,4)5;;;;;;2-1-4-3;;;;/h1-7H2;10-11H,1-3H2;;5*1H4;3H;;;1H2;1H/q-1;;;;;;;;;2*+1;;/p-1. The molecule has 0 radical (unpaired) electrons. The van der Waals surface area contributed by atoms with E-state index in [9.17, 15) is 43.9 Å². The van der Waals surface area contributed by atoms with Gasteiger partial charge in [0.25, 0.3) is 11.8 Å². The van der Waals surface area contributed by atoms with Crippen molar-refractivity contribution in [2.75, 3.05) is 39.8 Å². The second-order valence-electron chi connectivity index (χ2n) is 5.94. The van der Waals surface area contributed by atoms with Gasteiger partial charge in [-0.15, -0.1) is 36.6 Å². The van der Waals surface area contributed by atoms with Gasteiger partial charge in [-0.25, -0.2) is 26.3 Å². The van der Waals surface area contributed by atoms with Crippen LogP contribution in [-0.2, 0) is 18.8 Å². The summed E-state index contributed by atoms with van der Waals surface area (Å²) in [4.78, 5) is 2.86. The SMILES string of the molecule is C.C.C.C.C.FC(F)(F)F.FCCO[B-]1(OCCF)CCC1.O=BOO.OCC(F)(F)CC(F)(F)CO.[HH].[Li+].[Li+].[OH-]. The maximum absolute atomic E-state index is 12.0. The van der Waals surface area contributed by atoms with Gasteiger partial charge in [0.1, 0.15) is 26.6 Å².